The van der Waals surface area contributed by atoms with Gasteiger partial charge in [0, 0.05) is 11.6 Å². The van der Waals surface area contributed by atoms with Gasteiger partial charge in [0.25, 0.3) is 0 Å². The second-order valence-corrected chi connectivity index (χ2v) is 7.57. The Morgan fingerprint density at radius 2 is 2.05 bits per heavy atom. The SMILES string of the molecule is Cc1cccc(C(=N)c2sc(=S)n(C3CCCCC3)c2O)c1. The number of aromatic hydroxyl groups is 1. The number of thiazole rings is 1. The van der Waals surface area contributed by atoms with Gasteiger partial charge in [-0.15, -0.1) is 0 Å². The molecule has 1 aromatic heterocycles. The van der Waals surface area contributed by atoms with Crippen LogP contribution in [0.4, 0.5) is 0 Å². The molecule has 0 unspecified atom stereocenters. The van der Waals surface area contributed by atoms with Gasteiger partial charge in [0.1, 0.15) is 4.88 Å². The maximum absolute atomic E-state index is 10.6. The summed E-state index contributed by atoms with van der Waals surface area (Å²) in [4.78, 5) is 0.584. The lowest BCUT2D eigenvalue weighted by molar-refractivity contribution is 0.312. The summed E-state index contributed by atoms with van der Waals surface area (Å²) in [6.07, 6.45) is 5.77. The van der Waals surface area contributed by atoms with E-state index >= 15 is 0 Å². The number of benzene rings is 1. The van der Waals surface area contributed by atoms with Gasteiger partial charge in [0.05, 0.1) is 5.71 Å². The van der Waals surface area contributed by atoms with Crippen molar-refractivity contribution in [3.8, 4) is 5.88 Å². The summed E-state index contributed by atoms with van der Waals surface area (Å²) in [5.74, 6) is 0.174. The molecule has 5 heteroatoms. The van der Waals surface area contributed by atoms with E-state index in [2.05, 4.69) is 0 Å². The zero-order valence-corrected chi connectivity index (χ0v) is 14.3. The molecule has 2 N–H and O–H groups in total. The predicted octanol–water partition coefficient (Wildman–Crippen LogP) is 5.21. The number of nitrogens with zero attached hydrogens (tertiary/aromatic N) is 1. The number of hydrogen-bond donors (Lipinski definition) is 2. The highest BCUT2D eigenvalue weighted by Gasteiger charge is 2.23. The van der Waals surface area contributed by atoms with Crippen molar-refractivity contribution >= 4 is 29.3 Å². The van der Waals surface area contributed by atoms with E-state index in [9.17, 15) is 5.11 Å². The van der Waals surface area contributed by atoms with Crippen molar-refractivity contribution in [3.05, 3.63) is 44.2 Å². The molecule has 1 fully saturated rings. The second-order valence-electron chi connectivity index (χ2n) is 5.93. The molecule has 1 saturated carbocycles. The van der Waals surface area contributed by atoms with Crippen molar-refractivity contribution in [2.75, 3.05) is 0 Å². The second kappa shape index (κ2) is 6.34. The van der Waals surface area contributed by atoms with Crippen LogP contribution in [-0.4, -0.2) is 15.4 Å². The van der Waals surface area contributed by atoms with Crippen LogP contribution in [0.5, 0.6) is 5.88 Å². The third kappa shape index (κ3) is 2.88. The third-order valence-corrected chi connectivity index (χ3v) is 5.70. The van der Waals surface area contributed by atoms with Crippen molar-refractivity contribution < 1.29 is 5.11 Å². The smallest absolute Gasteiger partial charge is 0.213 e. The predicted molar refractivity (Wildman–Crippen MR) is 94.0 cm³/mol. The maximum atomic E-state index is 10.6. The summed E-state index contributed by atoms with van der Waals surface area (Å²) >= 11 is 6.81. The zero-order chi connectivity index (χ0) is 15.7. The summed E-state index contributed by atoms with van der Waals surface area (Å²) in [6, 6.07) is 8.11. The molecule has 3 rings (SSSR count). The van der Waals surface area contributed by atoms with Gasteiger partial charge in [-0.1, -0.05) is 54.4 Å². The molecule has 116 valence electrons. The highest BCUT2D eigenvalue weighted by molar-refractivity contribution is 7.73. The number of aryl methyl sites for hydroxylation is 1. The minimum Gasteiger partial charge on any atom is -0.493 e. The molecule has 0 atom stereocenters. The fraction of sp³-hybridized carbons (Fsp3) is 0.412. The topological polar surface area (TPSA) is 49.0 Å². The molecule has 0 radical (unpaired) electrons. The molecule has 0 bridgehead atoms. The average molecular weight is 332 g/mol. The minimum atomic E-state index is 0.174. The van der Waals surface area contributed by atoms with Crippen LogP contribution in [0.25, 0.3) is 0 Å². The maximum Gasteiger partial charge on any atom is 0.213 e. The van der Waals surface area contributed by atoms with Crippen LogP contribution in [0, 0.1) is 16.3 Å². The summed E-state index contributed by atoms with van der Waals surface area (Å²) in [5.41, 5.74) is 2.28. The molecule has 0 aliphatic heterocycles. The fourth-order valence-corrected chi connectivity index (χ4v) is 4.54. The lowest BCUT2D eigenvalue weighted by Crippen LogP contribution is -2.12. The highest BCUT2D eigenvalue weighted by Crippen LogP contribution is 2.37. The van der Waals surface area contributed by atoms with Crippen LogP contribution in [0.15, 0.2) is 24.3 Å². The fourth-order valence-electron chi connectivity index (χ4n) is 3.13. The number of hydrogen-bond acceptors (Lipinski definition) is 4. The molecule has 3 nitrogen and oxygen atoms in total. The molecule has 1 aliphatic rings. The van der Waals surface area contributed by atoms with Gasteiger partial charge in [-0.05, 0) is 38.0 Å². The first-order chi connectivity index (χ1) is 10.6. The van der Waals surface area contributed by atoms with Crippen LogP contribution in [0.1, 0.15) is 54.1 Å². The summed E-state index contributed by atoms with van der Waals surface area (Å²) < 4.78 is 2.55. The molecule has 1 aliphatic carbocycles. The molecule has 1 heterocycles. The Labute approximate surface area is 139 Å². The molecular weight excluding hydrogens is 312 g/mol. The first-order valence-electron chi connectivity index (χ1n) is 7.68. The van der Waals surface area contributed by atoms with Gasteiger partial charge in [0.15, 0.2) is 3.95 Å². The van der Waals surface area contributed by atoms with Crippen LogP contribution >= 0.6 is 23.6 Å². The molecule has 1 aromatic carbocycles. The summed E-state index contributed by atoms with van der Waals surface area (Å²) in [6.45, 7) is 2.01. The first kappa shape index (κ1) is 15.4. The van der Waals surface area contributed by atoms with E-state index in [0.717, 1.165) is 24.0 Å². The lowest BCUT2D eigenvalue weighted by Gasteiger charge is -2.23. The summed E-state index contributed by atoms with van der Waals surface area (Å²) in [7, 11) is 0. The van der Waals surface area contributed by atoms with Gasteiger partial charge in [0.2, 0.25) is 5.88 Å². The van der Waals surface area contributed by atoms with Gasteiger partial charge >= 0.3 is 0 Å². The van der Waals surface area contributed by atoms with Gasteiger partial charge in [-0.2, -0.15) is 0 Å². The van der Waals surface area contributed by atoms with E-state index in [1.807, 2.05) is 35.8 Å². The molecule has 0 saturated heterocycles. The monoisotopic (exact) mass is 332 g/mol. The molecule has 0 spiro atoms. The van der Waals surface area contributed by atoms with Crippen molar-refractivity contribution in [1.82, 2.24) is 4.57 Å². The van der Waals surface area contributed by atoms with Gasteiger partial charge in [-0.3, -0.25) is 9.98 Å². The van der Waals surface area contributed by atoms with Crippen LogP contribution in [-0.2, 0) is 0 Å². The van der Waals surface area contributed by atoms with E-state index < -0.39 is 0 Å². The van der Waals surface area contributed by atoms with E-state index in [-0.39, 0.29) is 11.9 Å². The number of nitrogens with one attached hydrogen (secondary N) is 1. The third-order valence-electron chi connectivity index (χ3n) is 4.29. The first-order valence-corrected chi connectivity index (χ1v) is 8.90. The molecule has 2 aromatic rings. The Bertz CT molecular complexity index is 754. The minimum absolute atomic E-state index is 0.174. The Kier molecular flexibility index (Phi) is 4.45. The van der Waals surface area contributed by atoms with E-state index in [4.69, 9.17) is 17.6 Å². The number of rotatable bonds is 3. The highest BCUT2D eigenvalue weighted by atomic mass is 32.1. The van der Waals surface area contributed by atoms with Crippen LogP contribution < -0.4 is 0 Å². The van der Waals surface area contributed by atoms with E-state index in [1.165, 1.54) is 30.6 Å². The Morgan fingerprint density at radius 1 is 1.32 bits per heavy atom. The van der Waals surface area contributed by atoms with Crippen LogP contribution in [0.2, 0.25) is 0 Å². The summed E-state index contributed by atoms with van der Waals surface area (Å²) in [5, 5.41) is 19.1. The van der Waals surface area contributed by atoms with Crippen molar-refractivity contribution in [3.63, 3.8) is 0 Å². The molecule has 22 heavy (non-hydrogen) atoms. The van der Waals surface area contributed by atoms with Gasteiger partial charge in [-0.25, -0.2) is 0 Å². The Hall–Kier alpha value is -1.46. The lowest BCUT2D eigenvalue weighted by atomic mass is 9.95. The molecule has 0 amide bonds. The van der Waals surface area contributed by atoms with E-state index in [1.54, 1.807) is 0 Å². The Balaban J connectivity index is 1.98. The average Bonchev–Trinajstić information content (AvgIpc) is 2.82. The normalized spacial score (nSPS) is 15.9. The van der Waals surface area contributed by atoms with Crippen molar-refractivity contribution in [2.24, 2.45) is 0 Å². The quantitative estimate of drug-likeness (QED) is 0.598. The van der Waals surface area contributed by atoms with Crippen LogP contribution in [0.3, 0.4) is 0 Å². The molecular formula is C17H20N2OS2. The zero-order valence-electron chi connectivity index (χ0n) is 12.6. The van der Waals surface area contributed by atoms with Crippen molar-refractivity contribution in [2.45, 2.75) is 45.1 Å². The number of aromatic nitrogens is 1. The van der Waals surface area contributed by atoms with E-state index in [0.29, 0.717) is 14.5 Å². The Morgan fingerprint density at radius 3 is 2.73 bits per heavy atom. The van der Waals surface area contributed by atoms with Gasteiger partial charge < -0.3 is 5.11 Å². The largest absolute Gasteiger partial charge is 0.493 e. The van der Waals surface area contributed by atoms with Crippen molar-refractivity contribution in [1.29, 1.82) is 5.41 Å². The standard InChI is InChI=1S/C17H20N2OS2/c1-11-6-5-7-12(10-11)14(18)15-16(20)19(17(21)22-15)13-8-3-2-4-9-13/h5-7,10,13,18,20H,2-4,8-9H2,1H3.